The highest BCUT2D eigenvalue weighted by Crippen LogP contribution is 2.11. The number of hydrogen-bond donors (Lipinski definition) is 1. The van der Waals surface area contributed by atoms with Gasteiger partial charge in [0, 0.05) is 6.08 Å². The number of ether oxygens (including phenoxy) is 2. The summed E-state index contributed by atoms with van der Waals surface area (Å²) in [5, 5.41) is 9.38. The fourth-order valence-corrected chi connectivity index (χ4v) is 1.79. The summed E-state index contributed by atoms with van der Waals surface area (Å²) in [5.41, 5.74) is 1.07. The van der Waals surface area contributed by atoms with Crippen LogP contribution in [0.5, 0.6) is 0 Å². The Morgan fingerprint density at radius 3 is 2.62 bits per heavy atom. The third kappa shape index (κ3) is 8.27. The van der Waals surface area contributed by atoms with Gasteiger partial charge in [-0.15, -0.1) is 0 Å². The molecule has 21 heavy (non-hydrogen) atoms. The summed E-state index contributed by atoms with van der Waals surface area (Å²) < 4.78 is 10.7. The molecule has 4 heteroatoms. The van der Waals surface area contributed by atoms with Crippen molar-refractivity contribution in [3.05, 3.63) is 48.0 Å². The first kappa shape index (κ1) is 17.4. The molecule has 1 N–H and O–H groups in total. The van der Waals surface area contributed by atoms with E-state index >= 15 is 0 Å². The molecule has 0 bridgehead atoms. The molecule has 0 radical (unpaired) electrons. The fraction of sp³-hybridized carbons (Fsp3) is 0.471. The van der Waals surface area contributed by atoms with Crippen LogP contribution < -0.4 is 0 Å². The third-order valence-corrected chi connectivity index (χ3v) is 2.91. The van der Waals surface area contributed by atoms with Crippen LogP contribution in [0.1, 0.15) is 32.3 Å². The molecule has 0 heterocycles. The summed E-state index contributed by atoms with van der Waals surface area (Å²) >= 11 is 0. The maximum Gasteiger partial charge on any atom is 0.330 e. The molecule has 0 aliphatic rings. The Morgan fingerprint density at radius 2 is 2.00 bits per heavy atom. The van der Waals surface area contributed by atoms with Gasteiger partial charge in [-0.3, -0.25) is 0 Å². The van der Waals surface area contributed by atoms with Crippen LogP contribution in [0, 0.1) is 0 Å². The average Bonchev–Trinajstić information content (AvgIpc) is 2.47. The molecule has 4 nitrogen and oxygen atoms in total. The largest absolute Gasteiger partial charge is 0.463 e. The summed E-state index contributed by atoms with van der Waals surface area (Å²) in [7, 11) is 0. The summed E-state index contributed by atoms with van der Waals surface area (Å²) in [4.78, 5) is 11.3. The van der Waals surface area contributed by atoms with Crippen molar-refractivity contribution in [3.63, 3.8) is 0 Å². The van der Waals surface area contributed by atoms with Crippen LogP contribution >= 0.6 is 0 Å². The van der Waals surface area contributed by atoms with Crippen LogP contribution in [-0.2, 0) is 20.9 Å². The van der Waals surface area contributed by atoms with Crippen molar-refractivity contribution in [2.75, 3.05) is 6.61 Å². The first-order valence-corrected chi connectivity index (χ1v) is 7.30. The van der Waals surface area contributed by atoms with Crippen LogP contribution in [0.25, 0.3) is 0 Å². The first-order valence-electron chi connectivity index (χ1n) is 7.30. The Hall–Kier alpha value is -1.65. The van der Waals surface area contributed by atoms with Gasteiger partial charge >= 0.3 is 5.97 Å². The van der Waals surface area contributed by atoms with Crippen molar-refractivity contribution in [2.45, 2.75) is 45.5 Å². The minimum absolute atomic E-state index is 0.218. The lowest BCUT2D eigenvalue weighted by atomic mass is 10.1. The van der Waals surface area contributed by atoms with Gasteiger partial charge in [0.05, 0.1) is 25.4 Å². The molecule has 0 aliphatic carbocycles. The van der Waals surface area contributed by atoms with E-state index in [1.807, 2.05) is 30.3 Å². The standard InChI is InChI=1S/C17H24O4/c1-3-20-17(19)12-11-16(10-9-14(2)18)21-13-15-7-5-4-6-8-15/h4-8,11-12,14,16,18H,3,9-10,13H2,1-2H3/b12-11+/t14-,16+/m1/s1. The number of esters is 1. The zero-order valence-electron chi connectivity index (χ0n) is 12.7. The number of aliphatic hydroxyl groups is 1. The summed E-state index contributed by atoms with van der Waals surface area (Å²) in [5.74, 6) is -0.372. The van der Waals surface area contributed by atoms with Gasteiger partial charge < -0.3 is 14.6 Å². The van der Waals surface area contributed by atoms with E-state index in [-0.39, 0.29) is 18.2 Å². The normalized spacial score (nSPS) is 14.0. The van der Waals surface area contributed by atoms with E-state index < -0.39 is 0 Å². The fourth-order valence-electron chi connectivity index (χ4n) is 1.79. The van der Waals surface area contributed by atoms with E-state index in [2.05, 4.69) is 0 Å². The van der Waals surface area contributed by atoms with Crippen molar-refractivity contribution in [3.8, 4) is 0 Å². The van der Waals surface area contributed by atoms with Crippen molar-refractivity contribution < 1.29 is 19.4 Å². The second-order valence-electron chi connectivity index (χ2n) is 4.87. The van der Waals surface area contributed by atoms with Gasteiger partial charge in [-0.1, -0.05) is 30.3 Å². The number of carbonyl (C=O) groups excluding carboxylic acids is 1. The number of hydrogen-bond acceptors (Lipinski definition) is 4. The van der Waals surface area contributed by atoms with Gasteiger partial charge in [0.1, 0.15) is 0 Å². The predicted molar refractivity (Wildman–Crippen MR) is 81.7 cm³/mol. The minimum atomic E-state index is -0.385. The van der Waals surface area contributed by atoms with Crippen molar-refractivity contribution in [2.24, 2.45) is 0 Å². The van der Waals surface area contributed by atoms with Crippen LogP contribution in [0.15, 0.2) is 42.5 Å². The van der Waals surface area contributed by atoms with Crippen molar-refractivity contribution >= 4 is 5.97 Å². The van der Waals surface area contributed by atoms with Crippen LogP contribution in [0.2, 0.25) is 0 Å². The molecule has 0 saturated heterocycles. The van der Waals surface area contributed by atoms with Gasteiger partial charge in [-0.2, -0.15) is 0 Å². The number of carbonyl (C=O) groups is 1. The molecule has 1 rings (SSSR count). The highest BCUT2D eigenvalue weighted by Gasteiger charge is 2.09. The van der Waals surface area contributed by atoms with E-state index in [4.69, 9.17) is 9.47 Å². The number of aliphatic hydroxyl groups excluding tert-OH is 1. The zero-order valence-corrected chi connectivity index (χ0v) is 12.7. The third-order valence-electron chi connectivity index (χ3n) is 2.91. The molecule has 0 spiro atoms. The Morgan fingerprint density at radius 1 is 1.29 bits per heavy atom. The van der Waals surface area contributed by atoms with E-state index in [1.54, 1.807) is 19.9 Å². The van der Waals surface area contributed by atoms with Gasteiger partial charge in [-0.05, 0) is 38.3 Å². The van der Waals surface area contributed by atoms with Crippen LogP contribution in [-0.4, -0.2) is 29.9 Å². The maximum absolute atomic E-state index is 11.3. The molecule has 0 aromatic heterocycles. The molecule has 0 saturated carbocycles. The SMILES string of the molecule is CCOC(=O)/C=C/[C@H](CC[C@@H](C)O)OCc1ccccc1. The monoisotopic (exact) mass is 292 g/mol. The van der Waals surface area contributed by atoms with Crippen LogP contribution in [0.3, 0.4) is 0 Å². The van der Waals surface area contributed by atoms with Crippen molar-refractivity contribution in [1.82, 2.24) is 0 Å². The molecule has 0 unspecified atom stereocenters. The lowest BCUT2D eigenvalue weighted by Gasteiger charge is -2.15. The summed E-state index contributed by atoms with van der Waals surface area (Å²) in [6.45, 7) is 4.33. The molecule has 0 fully saturated rings. The Balaban J connectivity index is 2.53. The molecule has 0 aliphatic heterocycles. The molecule has 2 atom stereocenters. The molecule has 1 aromatic carbocycles. The molecular formula is C17H24O4. The van der Waals surface area contributed by atoms with Gasteiger partial charge in [0.2, 0.25) is 0 Å². The highest BCUT2D eigenvalue weighted by atomic mass is 16.5. The smallest absolute Gasteiger partial charge is 0.330 e. The average molecular weight is 292 g/mol. The van der Waals surface area contributed by atoms with Gasteiger partial charge in [0.25, 0.3) is 0 Å². The second-order valence-corrected chi connectivity index (χ2v) is 4.87. The maximum atomic E-state index is 11.3. The molecule has 116 valence electrons. The quantitative estimate of drug-likeness (QED) is 0.561. The van der Waals surface area contributed by atoms with E-state index in [9.17, 15) is 9.90 Å². The lowest BCUT2D eigenvalue weighted by molar-refractivity contribution is -0.137. The minimum Gasteiger partial charge on any atom is -0.463 e. The zero-order chi connectivity index (χ0) is 15.5. The van der Waals surface area contributed by atoms with E-state index in [0.717, 1.165) is 5.56 Å². The first-order chi connectivity index (χ1) is 10.1. The lowest BCUT2D eigenvalue weighted by Crippen LogP contribution is -2.14. The summed E-state index contributed by atoms with van der Waals surface area (Å²) in [6, 6.07) is 9.84. The predicted octanol–water partition coefficient (Wildman–Crippen LogP) is 2.85. The second kappa shape index (κ2) is 10.1. The van der Waals surface area contributed by atoms with Gasteiger partial charge in [0.15, 0.2) is 0 Å². The Bertz CT molecular complexity index is 426. The number of rotatable bonds is 9. The van der Waals surface area contributed by atoms with Crippen molar-refractivity contribution in [1.29, 1.82) is 0 Å². The molecular weight excluding hydrogens is 268 g/mol. The summed E-state index contributed by atoms with van der Waals surface area (Å²) in [6.07, 6.45) is 3.75. The Labute approximate surface area is 126 Å². The molecule has 1 aromatic rings. The van der Waals surface area contributed by atoms with Gasteiger partial charge in [-0.25, -0.2) is 4.79 Å². The van der Waals surface area contributed by atoms with E-state index in [0.29, 0.717) is 26.1 Å². The highest BCUT2D eigenvalue weighted by molar-refractivity contribution is 5.81. The van der Waals surface area contributed by atoms with E-state index in [1.165, 1.54) is 6.08 Å². The number of benzene rings is 1. The Kier molecular flexibility index (Phi) is 8.40. The molecule has 0 amide bonds. The van der Waals surface area contributed by atoms with Crippen LogP contribution in [0.4, 0.5) is 0 Å². The topological polar surface area (TPSA) is 55.8 Å².